The zero-order valence-corrected chi connectivity index (χ0v) is 19.2. The van der Waals surface area contributed by atoms with Gasteiger partial charge in [0.05, 0.1) is 0 Å². The summed E-state index contributed by atoms with van der Waals surface area (Å²) in [6, 6.07) is 0. The van der Waals surface area contributed by atoms with Gasteiger partial charge in [-0.15, -0.1) is 0 Å². The molecule has 0 saturated heterocycles. The molecule has 124 valence electrons. The van der Waals surface area contributed by atoms with E-state index in [4.69, 9.17) is 29.4 Å². The van der Waals surface area contributed by atoms with Crippen molar-refractivity contribution in [3.8, 4) is 0 Å². The first-order valence-electron chi connectivity index (χ1n) is 5.75. The molecular weight excluding hydrogens is 396 g/mol. The largest absolute Gasteiger partial charge is 0.325 e. The summed E-state index contributed by atoms with van der Waals surface area (Å²) in [5, 5.41) is 0. The smallest absolute Gasteiger partial charge is 0.319 e. The third-order valence-corrected chi connectivity index (χ3v) is 1.32. The fraction of sp³-hybridized carbons (Fsp3) is 1.00. The van der Waals surface area contributed by atoms with E-state index in [1.54, 1.807) is 0 Å². The molecule has 0 spiro atoms. The Morgan fingerprint density at radius 3 is 0.850 bits per heavy atom. The number of hydrogen-bond donors (Lipinski definition) is 6. The van der Waals surface area contributed by atoms with Crippen LogP contribution >= 0.6 is 13.4 Å². The minimum atomic E-state index is -3.81. The summed E-state index contributed by atoms with van der Waals surface area (Å²) in [4.78, 5) is 45.3. The van der Waals surface area contributed by atoms with Crippen molar-refractivity contribution < 1.29 is 48.8 Å². The van der Waals surface area contributed by atoms with Crippen LogP contribution in [0.25, 0.3) is 0 Å². The van der Waals surface area contributed by atoms with Gasteiger partial charge >= 0.3 is 13.4 Å². The summed E-state index contributed by atoms with van der Waals surface area (Å²) in [7, 11) is 0. The minimum absolute atomic E-state index is 0. The van der Waals surface area contributed by atoms with Gasteiger partial charge in [0.1, 0.15) is 0 Å². The number of rotatable bonds is 2. The van der Waals surface area contributed by atoms with Crippen molar-refractivity contribution in [2.24, 2.45) is 5.92 Å². The molecule has 0 bridgehead atoms. The minimum Gasteiger partial charge on any atom is -0.325 e. The van der Waals surface area contributed by atoms with E-state index >= 15 is 0 Å². The standard InChI is InChI=1S/C5H12.C4H10.2H3O3PS.Zn/c1-4-5(2)3;1-3-4-2;2*1-4(2,3)5;/h5H,4H2,1-3H3;3-4H2,1-2H3;2*(H3,1,2,3,5);. The molecule has 0 saturated carbocycles. The molecule has 20 heavy (non-hydrogen) atoms. The van der Waals surface area contributed by atoms with E-state index in [9.17, 15) is 0 Å². The summed E-state index contributed by atoms with van der Waals surface area (Å²) < 4.78 is 0. The fourth-order valence-corrected chi connectivity index (χ4v) is 0. The second-order valence-corrected chi connectivity index (χ2v) is 8.82. The molecule has 0 rings (SSSR count). The summed E-state index contributed by atoms with van der Waals surface area (Å²) >= 11 is 7.21. The Labute approximate surface area is 145 Å². The van der Waals surface area contributed by atoms with Gasteiger partial charge in [0.15, 0.2) is 0 Å². The van der Waals surface area contributed by atoms with Crippen molar-refractivity contribution in [3.63, 3.8) is 0 Å². The zero-order valence-electron chi connectivity index (χ0n) is 12.8. The molecule has 0 fully saturated rings. The maximum atomic E-state index is 7.56. The van der Waals surface area contributed by atoms with Crippen molar-refractivity contribution in [3.05, 3.63) is 0 Å². The maximum absolute atomic E-state index is 7.56. The zero-order chi connectivity index (χ0) is 16.7. The van der Waals surface area contributed by atoms with Crippen LogP contribution in [0.1, 0.15) is 53.9 Å². The average molecular weight is 424 g/mol. The van der Waals surface area contributed by atoms with Crippen LogP contribution in [0.5, 0.6) is 0 Å². The van der Waals surface area contributed by atoms with Gasteiger partial charge in [-0.3, -0.25) is 0 Å². The Morgan fingerprint density at radius 1 is 0.750 bits per heavy atom. The van der Waals surface area contributed by atoms with Crippen molar-refractivity contribution >= 4 is 37.1 Å². The van der Waals surface area contributed by atoms with Gasteiger partial charge in [0.2, 0.25) is 0 Å². The normalized spacial score (nSPS) is 9.80. The maximum Gasteiger partial charge on any atom is 0.319 e. The topological polar surface area (TPSA) is 121 Å². The van der Waals surface area contributed by atoms with Crippen LogP contribution in [0.4, 0.5) is 0 Å². The summed E-state index contributed by atoms with van der Waals surface area (Å²) in [5.74, 6) is 0.884. The summed E-state index contributed by atoms with van der Waals surface area (Å²) in [6.45, 7) is 3.39. The van der Waals surface area contributed by atoms with Gasteiger partial charge in [-0.1, -0.05) is 53.9 Å². The monoisotopic (exact) mass is 422 g/mol. The molecule has 0 aliphatic rings. The molecule has 0 aromatic heterocycles. The molecule has 0 amide bonds. The van der Waals surface area contributed by atoms with Crippen molar-refractivity contribution in [1.29, 1.82) is 0 Å². The predicted octanol–water partition coefficient (Wildman–Crippen LogP) is 2.23. The predicted molar refractivity (Wildman–Crippen MR) is 87.6 cm³/mol. The number of hydrogen-bond acceptors (Lipinski definition) is 2. The molecule has 0 aromatic rings. The Balaban J connectivity index is -0.0000000494. The number of unbranched alkanes of at least 4 members (excludes halogenated alkanes) is 1. The van der Waals surface area contributed by atoms with Gasteiger partial charge in [-0.25, -0.2) is 0 Å². The second kappa shape index (κ2) is 20.7. The van der Waals surface area contributed by atoms with Crippen LogP contribution in [-0.4, -0.2) is 29.4 Å². The second-order valence-electron chi connectivity index (χ2n) is 3.83. The van der Waals surface area contributed by atoms with Gasteiger partial charge < -0.3 is 29.4 Å². The first-order valence-corrected chi connectivity index (χ1v) is 11.1. The Hall–Kier alpha value is 1.68. The quantitative estimate of drug-likeness (QED) is 0.295. The van der Waals surface area contributed by atoms with E-state index in [1.165, 1.54) is 19.3 Å². The van der Waals surface area contributed by atoms with E-state index in [1.807, 2.05) is 0 Å². The molecule has 0 aromatic carbocycles. The van der Waals surface area contributed by atoms with E-state index < -0.39 is 13.4 Å². The van der Waals surface area contributed by atoms with E-state index in [-0.39, 0.29) is 19.5 Å². The Kier molecular flexibility index (Phi) is 34.5. The molecule has 6 N–H and O–H groups in total. The van der Waals surface area contributed by atoms with E-state index in [0.717, 1.165) is 5.92 Å². The molecule has 0 radical (unpaired) electrons. The Morgan fingerprint density at radius 2 is 0.850 bits per heavy atom. The summed E-state index contributed by atoms with van der Waals surface area (Å²) in [6.07, 6.45) is 3.94. The van der Waals surface area contributed by atoms with Gasteiger partial charge in [-0.2, -0.15) is 0 Å². The third kappa shape index (κ3) is 313. The third-order valence-electron chi connectivity index (χ3n) is 1.32. The molecular formula is C9H28O6P2S2Zn. The first kappa shape index (κ1) is 33.3. The summed E-state index contributed by atoms with van der Waals surface area (Å²) in [5.41, 5.74) is 0. The average Bonchev–Trinajstić information content (AvgIpc) is 2.13. The molecule has 0 atom stereocenters. The van der Waals surface area contributed by atoms with E-state index in [2.05, 4.69) is 58.2 Å². The molecule has 0 heterocycles. The van der Waals surface area contributed by atoms with Crippen LogP contribution in [0.3, 0.4) is 0 Å². The van der Waals surface area contributed by atoms with Gasteiger partial charge in [0.25, 0.3) is 0 Å². The van der Waals surface area contributed by atoms with Crippen LogP contribution in [0, 0.1) is 5.92 Å². The first-order chi connectivity index (χ1) is 8.18. The van der Waals surface area contributed by atoms with Crippen LogP contribution < -0.4 is 0 Å². The molecule has 11 heteroatoms. The van der Waals surface area contributed by atoms with Crippen molar-refractivity contribution in [1.82, 2.24) is 0 Å². The molecule has 0 aliphatic carbocycles. The molecule has 0 unspecified atom stereocenters. The fourth-order valence-electron chi connectivity index (χ4n) is 0. The van der Waals surface area contributed by atoms with Gasteiger partial charge in [0, 0.05) is 19.5 Å². The van der Waals surface area contributed by atoms with E-state index in [0.29, 0.717) is 0 Å². The van der Waals surface area contributed by atoms with Crippen LogP contribution in [0.2, 0.25) is 0 Å². The van der Waals surface area contributed by atoms with Crippen molar-refractivity contribution in [2.45, 2.75) is 53.9 Å². The van der Waals surface area contributed by atoms with Gasteiger partial charge in [-0.05, 0) is 29.5 Å². The van der Waals surface area contributed by atoms with Crippen LogP contribution in [-0.2, 0) is 43.1 Å². The Bertz CT molecular complexity index is 218. The molecule has 6 nitrogen and oxygen atoms in total. The SMILES string of the molecule is CCC(C)C.CCCC.OP(O)(O)=S.OP(O)(O)=S.[Zn]. The van der Waals surface area contributed by atoms with Crippen LogP contribution in [0.15, 0.2) is 0 Å². The van der Waals surface area contributed by atoms with Crippen molar-refractivity contribution in [2.75, 3.05) is 0 Å². The molecule has 0 aliphatic heterocycles.